The summed E-state index contributed by atoms with van der Waals surface area (Å²) in [6.45, 7) is 0. The molecule has 70 valence electrons. The van der Waals surface area contributed by atoms with E-state index in [1.807, 2.05) is 5.38 Å². The van der Waals surface area contributed by atoms with Gasteiger partial charge < -0.3 is 5.32 Å². The Labute approximate surface area is 85.9 Å². The molecule has 0 saturated heterocycles. The lowest BCUT2D eigenvalue weighted by Crippen LogP contribution is -2.27. The maximum Gasteiger partial charge on any atom is 0.227 e. The van der Waals surface area contributed by atoms with Crippen molar-refractivity contribution in [3.05, 3.63) is 15.8 Å². The van der Waals surface area contributed by atoms with Gasteiger partial charge in [0.05, 0.1) is 10.0 Å². The van der Waals surface area contributed by atoms with Crippen molar-refractivity contribution in [2.75, 3.05) is 5.32 Å². The number of hydrogen-bond donors (Lipinski definition) is 1. The summed E-state index contributed by atoms with van der Waals surface area (Å²) in [6.07, 6.45) is 3.25. The summed E-state index contributed by atoms with van der Waals surface area (Å²) in [7, 11) is 0. The third-order valence-electron chi connectivity index (χ3n) is 2.31. The molecule has 1 amide bonds. The summed E-state index contributed by atoms with van der Waals surface area (Å²) in [5, 5.41) is 4.71. The smallest absolute Gasteiger partial charge is 0.227 e. The fourth-order valence-corrected chi connectivity index (χ4v) is 2.10. The summed E-state index contributed by atoms with van der Waals surface area (Å²) < 4.78 is 0.712. The fraction of sp³-hybridized carbons (Fsp3) is 0.444. The molecule has 1 fully saturated rings. The standard InChI is InChI=1S/C9H10ClNOS/c10-8-4-7(5-13-8)11-9(12)6-2-1-3-6/h4-6H,1-3H2,(H,11,12). The number of nitrogens with one attached hydrogen (secondary N) is 1. The van der Waals surface area contributed by atoms with Crippen LogP contribution in [0.4, 0.5) is 5.69 Å². The first kappa shape index (κ1) is 9.03. The Morgan fingerprint density at radius 3 is 2.85 bits per heavy atom. The first-order valence-corrected chi connectivity index (χ1v) is 5.56. The van der Waals surface area contributed by atoms with Crippen molar-refractivity contribution in [1.29, 1.82) is 0 Å². The van der Waals surface area contributed by atoms with Crippen molar-refractivity contribution in [2.24, 2.45) is 5.92 Å². The first-order chi connectivity index (χ1) is 6.25. The number of amides is 1. The zero-order valence-electron chi connectivity index (χ0n) is 7.05. The van der Waals surface area contributed by atoms with Gasteiger partial charge in [0.25, 0.3) is 0 Å². The van der Waals surface area contributed by atoms with Gasteiger partial charge in [-0.1, -0.05) is 18.0 Å². The van der Waals surface area contributed by atoms with Crippen LogP contribution in [0.5, 0.6) is 0 Å². The van der Waals surface area contributed by atoms with Crippen LogP contribution in [0.3, 0.4) is 0 Å². The van der Waals surface area contributed by atoms with E-state index >= 15 is 0 Å². The van der Waals surface area contributed by atoms with Gasteiger partial charge in [0, 0.05) is 11.3 Å². The van der Waals surface area contributed by atoms with Crippen LogP contribution >= 0.6 is 22.9 Å². The van der Waals surface area contributed by atoms with Gasteiger partial charge >= 0.3 is 0 Å². The third-order valence-corrected chi connectivity index (χ3v) is 3.40. The van der Waals surface area contributed by atoms with Crippen molar-refractivity contribution < 1.29 is 4.79 Å². The molecule has 13 heavy (non-hydrogen) atoms. The molecule has 1 N–H and O–H groups in total. The second kappa shape index (κ2) is 3.68. The molecule has 1 heterocycles. The second-order valence-electron chi connectivity index (χ2n) is 3.26. The Bertz CT molecular complexity index is 319. The highest BCUT2D eigenvalue weighted by atomic mass is 35.5. The number of rotatable bonds is 2. The molecule has 1 aliphatic carbocycles. The average Bonchev–Trinajstić information content (AvgIpc) is 2.31. The zero-order chi connectivity index (χ0) is 9.26. The van der Waals surface area contributed by atoms with Gasteiger partial charge in [0.15, 0.2) is 0 Å². The minimum atomic E-state index is 0.140. The summed E-state index contributed by atoms with van der Waals surface area (Å²) in [5.41, 5.74) is 0.826. The molecule has 1 aromatic rings. The number of thiophene rings is 1. The van der Waals surface area contributed by atoms with Gasteiger partial charge in [-0.25, -0.2) is 0 Å². The van der Waals surface area contributed by atoms with Gasteiger partial charge in [-0.05, 0) is 18.9 Å². The minimum Gasteiger partial charge on any atom is -0.325 e. The van der Waals surface area contributed by atoms with E-state index in [1.165, 1.54) is 17.8 Å². The lowest BCUT2D eigenvalue weighted by atomic mass is 9.85. The second-order valence-corrected chi connectivity index (χ2v) is 4.80. The number of anilines is 1. The Morgan fingerprint density at radius 1 is 1.62 bits per heavy atom. The molecule has 4 heteroatoms. The van der Waals surface area contributed by atoms with E-state index in [0.29, 0.717) is 4.34 Å². The molecule has 0 unspecified atom stereocenters. The van der Waals surface area contributed by atoms with E-state index in [2.05, 4.69) is 5.32 Å². The molecule has 0 spiro atoms. The monoisotopic (exact) mass is 215 g/mol. The van der Waals surface area contributed by atoms with E-state index in [4.69, 9.17) is 11.6 Å². The fourth-order valence-electron chi connectivity index (χ4n) is 1.29. The summed E-state index contributed by atoms with van der Waals surface area (Å²) in [6, 6.07) is 1.78. The molecule has 1 aliphatic rings. The highest BCUT2D eigenvalue weighted by molar-refractivity contribution is 7.14. The van der Waals surface area contributed by atoms with Crippen LogP contribution in [0.1, 0.15) is 19.3 Å². The molecule has 2 rings (SSSR count). The topological polar surface area (TPSA) is 29.1 Å². The van der Waals surface area contributed by atoms with Crippen LogP contribution in [0.2, 0.25) is 4.34 Å². The zero-order valence-corrected chi connectivity index (χ0v) is 8.62. The maximum absolute atomic E-state index is 11.5. The minimum absolute atomic E-state index is 0.140. The summed E-state index contributed by atoms with van der Waals surface area (Å²) >= 11 is 7.17. The van der Waals surface area contributed by atoms with Crippen LogP contribution in [0.25, 0.3) is 0 Å². The Morgan fingerprint density at radius 2 is 2.38 bits per heavy atom. The number of halogens is 1. The van der Waals surface area contributed by atoms with Crippen molar-refractivity contribution in [1.82, 2.24) is 0 Å². The molecule has 1 saturated carbocycles. The predicted molar refractivity (Wildman–Crippen MR) is 55.3 cm³/mol. The van der Waals surface area contributed by atoms with Crippen LogP contribution in [0, 0.1) is 5.92 Å². The van der Waals surface area contributed by atoms with Crippen molar-refractivity contribution in [2.45, 2.75) is 19.3 Å². The van der Waals surface area contributed by atoms with E-state index in [1.54, 1.807) is 6.07 Å². The summed E-state index contributed by atoms with van der Waals surface area (Å²) in [4.78, 5) is 11.5. The number of carbonyl (C=O) groups excluding carboxylic acids is 1. The molecule has 0 radical (unpaired) electrons. The highest BCUT2D eigenvalue weighted by Crippen LogP contribution is 2.29. The van der Waals surface area contributed by atoms with Gasteiger partial charge in [-0.15, -0.1) is 11.3 Å². The largest absolute Gasteiger partial charge is 0.325 e. The van der Waals surface area contributed by atoms with Gasteiger partial charge in [-0.2, -0.15) is 0 Å². The molecular weight excluding hydrogens is 206 g/mol. The first-order valence-electron chi connectivity index (χ1n) is 4.30. The van der Waals surface area contributed by atoms with Crippen molar-refractivity contribution in [3.63, 3.8) is 0 Å². The highest BCUT2D eigenvalue weighted by Gasteiger charge is 2.25. The molecule has 0 bridgehead atoms. The lowest BCUT2D eigenvalue weighted by molar-refractivity contribution is -0.122. The number of hydrogen-bond acceptors (Lipinski definition) is 2. The van der Waals surface area contributed by atoms with Gasteiger partial charge in [-0.3, -0.25) is 4.79 Å². The Hall–Kier alpha value is -0.540. The third kappa shape index (κ3) is 2.03. The maximum atomic E-state index is 11.5. The van der Waals surface area contributed by atoms with E-state index in [-0.39, 0.29) is 11.8 Å². The van der Waals surface area contributed by atoms with E-state index < -0.39 is 0 Å². The molecule has 2 nitrogen and oxygen atoms in total. The average molecular weight is 216 g/mol. The van der Waals surface area contributed by atoms with E-state index in [0.717, 1.165) is 18.5 Å². The quantitative estimate of drug-likeness (QED) is 0.807. The Kier molecular flexibility index (Phi) is 2.56. The summed E-state index contributed by atoms with van der Waals surface area (Å²) in [5.74, 6) is 0.374. The molecule has 0 aliphatic heterocycles. The molecule has 0 atom stereocenters. The predicted octanol–water partition coefficient (Wildman–Crippen LogP) is 3.14. The van der Waals surface area contributed by atoms with Crippen LogP contribution < -0.4 is 5.32 Å². The van der Waals surface area contributed by atoms with Gasteiger partial charge in [0.1, 0.15) is 0 Å². The molecular formula is C9H10ClNOS. The molecule has 0 aromatic carbocycles. The SMILES string of the molecule is O=C(Nc1csc(Cl)c1)C1CCC1. The van der Waals surface area contributed by atoms with Gasteiger partial charge in [0.2, 0.25) is 5.91 Å². The van der Waals surface area contributed by atoms with Crippen molar-refractivity contribution in [3.8, 4) is 0 Å². The lowest BCUT2D eigenvalue weighted by Gasteiger charge is -2.23. The Balaban J connectivity index is 1.93. The van der Waals surface area contributed by atoms with Crippen molar-refractivity contribution >= 4 is 34.5 Å². The van der Waals surface area contributed by atoms with Crippen LogP contribution in [-0.2, 0) is 4.79 Å². The van der Waals surface area contributed by atoms with Crippen LogP contribution in [0.15, 0.2) is 11.4 Å². The normalized spacial score (nSPS) is 16.7. The molecule has 1 aromatic heterocycles. The number of carbonyl (C=O) groups is 1. The van der Waals surface area contributed by atoms with Crippen LogP contribution in [-0.4, -0.2) is 5.91 Å². The van der Waals surface area contributed by atoms with E-state index in [9.17, 15) is 4.79 Å².